The number of halogens is 1. The van der Waals surface area contributed by atoms with Crippen molar-refractivity contribution in [2.45, 2.75) is 0 Å². The molecule has 2 N–H and O–H groups in total. The van der Waals surface area contributed by atoms with E-state index in [1.807, 2.05) is 0 Å². The highest BCUT2D eigenvalue weighted by Crippen LogP contribution is 2.15. The summed E-state index contributed by atoms with van der Waals surface area (Å²) in [6.45, 7) is 0. The lowest BCUT2D eigenvalue weighted by Crippen LogP contribution is -2.37. The van der Waals surface area contributed by atoms with E-state index in [1.54, 1.807) is 49.5 Å². The van der Waals surface area contributed by atoms with Gasteiger partial charge in [0.15, 0.2) is 0 Å². The standard InChI is InChI=1S/C15H12ClN3O2/c1-18-13-6-5-10(17)8-12(13)14(20)19(15(18)21)11-4-2-3-9(16)7-11/h2-8H,17H2,1H3. The van der Waals surface area contributed by atoms with Crippen molar-refractivity contribution in [1.82, 2.24) is 9.13 Å². The Hall–Kier alpha value is -2.53. The smallest absolute Gasteiger partial charge is 0.335 e. The third kappa shape index (κ3) is 2.11. The molecule has 5 nitrogen and oxygen atoms in total. The van der Waals surface area contributed by atoms with Crippen LogP contribution in [0.1, 0.15) is 0 Å². The van der Waals surface area contributed by atoms with Crippen molar-refractivity contribution in [2.24, 2.45) is 7.05 Å². The van der Waals surface area contributed by atoms with Gasteiger partial charge in [-0.1, -0.05) is 17.7 Å². The van der Waals surface area contributed by atoms with Gasteiger partial charge in [-0.3, -0.25) is 9.36 Å². The molecular formula is C15H12ClN3O2. The number of nitrogens with zero attached hydrogens (tertiary/aromatic N) is 2. The van der Waals surface area contributed by atoms with E-state index < -0.39 is 11.2 Å². The first kappa shape index (κ1) is 13.5. The molecule has 106 valence electrons. The summed E-state index contributed by atoms with van der Waals surface area (Å²) in [4.78, 5) is 25.1. The molecule has 0 aliphatic heterocycles. The van der Waals surface area contributed by atoms with Crippen molar-refractivity contribution in [3.8, 4) is 5.69 Å². The van der Waals surface area contributed by atoms with Crippen LogP contribution in [-0.2, 0) is 7.05 Å². The van der Waals surface area contributed by atoms with Crippen LogP contribution >= 0.6 is 11.6 Å². The largest absolute Gasteiger partial charge is 0.399 e. The van der Waals surface area contributed by atoms with Crippen molar-refractivity contribution in [2.75, 3.05) is 5.73 Å². The molecule has 0 fully saturated rings. The number of aryl methyl sites for hydroxylation is 1. The zero-order chi connectivity index (χ0) is 15.1. The summed E-state index contributed by atoms with van der Waals surface area (Å²) in [5.74, 6) is 0. The van der Waals surface area contributed by atoms with Crippen LogP contribution in [0.4, 0.5) is 5.69 Å². The van der Waals surface area contributed by atoms with E-state index in [0.29, 0.717) is 27.3 Å². The van der Waals surface area contributed by atoms with Crippen LogP contribution in [0, 0.1) is 0 Å². The van der Waals surface area contributed by atoms with E-state index in [4.69, 9.17) is 17.3 Å². The predicted molar refractivity (Wildman–Crippen MR) is 84.2 cm³/mol. The van der Waals surface area contributed by atoms with Crippen LogP contribution < -0.4 is 17.0 Å². The molecular weight excluding hydrogens is 290 g/mol. The normalized spacial score (nSPS) is 11.0. The van der Waals surface area contributed by atoms with E-state index >= 15 is 0 Å². The van der Waals surface area contributed by atoms with E-state index in [1.165, 1.54) is 4.57 Å². The number of nitrogen functional groups attached to an aromatic ring is 1. The Morgan fingerprint density at radius 1 is 1.10 bits per heavy atom. The van der Waals surface area contributed by atoms with Gasteiger partial charge in [0.05, 0.1) is 16.6 Å². The highest BCUT2D eigenvalue weighted by Gasteiger charge is 2.12. The topological polar surface area (TPSA) is 70.0 Å². The van der Waals surface area contributed by atoms with Gasteiger partial charge >= 0.3 is 5.69 Å². The lowest BCUT2D eigenvalue weighted by molar-refractivity contribution is 0.774. The molecule has 0 saturated carbocycles. The second-order valence-electron chi connectivity index (χ2n) is 4.74. The number of benzene rings is 2. The zero-order valence-corrected chi connectivity index (χ0v) is 12.0. The van der Waals surface area contributed by atoms with Crippen LogP contribution in [-0.4, -0.2) is 9.13 Å². The minimum absolute atomic E-state index is 0.386. The molecule has 1 heterocycles. The van der Waals surface area contributed by atoms with Crippen molar-refractivity contribution < 1.29 is 0 Å². The highest BCUT2D eigenvalue weighted by molar-refractivity contribution is 6.30. The summed E-state index contributed by atoms with van der Waals surface area (Å²) in [6.07, 6.45) is 0. The zero-order valence-electron chi connectivity index (χ0n) is 11.2. The Bertz CT molecular complexity index is 973. The van der Waals surface area contributed by atoms with Crippen LogP contribution in [0.3, 0.4) is 0 Å². The Labute approximate surface area is 124 Å². The van der Waals surface area contributed by atoms with Gasteiger partial charge < -0.3 is 5.73 Å². The van der Waals surface area contributed by atoms with Crippen molar-refractivity contribution >= 4 is 28.2 Å². The Balaban J connectivity index is 2.49. The van der Waals surface area contributed by atoms with Gasteiger partial charge in [0.2, 0.25) is 0 Å². The van der Waals surface area contributed by atoms with Gasteiger partial charge in [-0.05, 0) is 36.4 Å². The molecule has 3 aromatic rings. The van der Waals surface area contributed by atoms with Crippen molar-refractivity contribution in [3.05, 3.63) is 68.3 Å². The first-order valence-corrected chi connectivity index (χ1v) is 6.64. The second kappa shape index (κ2) is 4.79. The van der Waals surface area contributed by atoms with Crippen LogP contribution in [0.25, 0.3) is 16.6 Å². The minimum atomic E-state index is -0.431. The number of fused-ring (bicyclic) bond motifs is 1. The minimum Gasteiger partial charge on any atom is -0.399 e. The fraction of sp³-hybridized carbons (Fsp3) is 0.0667. The fourth-order valence-corrected chi connectivity index (χ4v) is 2.51. The molecule has 6 heteroatoms. The Morgan fingerprint density at radius 3 is 2.57 bits per heavy atom. The van der Waals surface area contributed by atoms with Gasteiger partial charge in [0.1, 0.15) is 0 Å². The Morgan fingerprint density at radius 2 is 1.86 bits per heavy atom. The molecule has 3 rings (SSSR count). The van der Waals surface area contributed by atoms with Crippen LogP contribution in [0.15, 0.2) is 52.1 Å². The maximum atomic E-state index is 12.6. The van der Waals surface area contributed by atoms with Crippen molar-refractivity contribution in [1.29, 1.82) is 0 Å². The van der Waals surface area contributed by atoms with E-state index in [2.05, 4.69) is 0 Å². The summed E-state index contributed by atoms with van der Waals surface area (Å²) < 4.78 is 2.50. The van der Waals surface area contributed by atoms with E-state index in [9.17, 15) is 9.59 Å². The first-order valence-electron chi connectivity index (χ1n) is 6.26. The second-order valence-corrected chi connectivity index (χ2v) is 5.18. The maximum absolute atomic E-state index is 12.6. The monoisotopic (exact) mass is 301 g/mol. The molecule has 0 aliphatic carbocycles. The average Bonchev–Trinajstić information content (AvgIpc) is 2.45. The van der Waals surface area contributed by atoms with Gasteiger partial charge in [0.25, 0.3) is 5.56 Å². The third-order valence-electron chi connectivity index (χ3n) is 3.36. The summed E-state index contributed by atoms with van der Waals surface area (Å²) in [5.41, 5.74) is 6.33. The average molecular weight is 302 g/mol. The molecule has 0 unspecified atom stereocenters. The predicted octanol–water partition coefficient (Wildman–Crippen LogP) is 1.92. The lowest BCUT2D eigenvalue weighted by Gasteiger charge is -2.11. The van der Waals surface area contributed by atoms with Gasteiger partial charge in [0, 0.05) is 17.8 Å². The molecule has 2 aromatic carbocycles. The molecule has 0 amide bonds. The summed E-state index contributed by atoms with van der Waals surface area (Å²) in [7, 11) is 1.61. The van der Waals surface area contributed by atoms with Gasteiger partial charge in [-0.2, -0.15) is 0 Å². The van der Waals surface area contributed by atoms with Crippen molar-refractivity contribution in [3.63, 3.8) is 0 Å². The van der Waals surface area contributed by atoms with E-state index in [-0.39, 0.29) is 0 Å². The fourth-order valence-electron chi connectivity index (χ4n) is 2.32. The summed E-state index contributed by atoms with van der Waals surface area (Å²) in [6, 6.07) is 11.5. The number of aromatic nitrogens is 2. The van der Waals surface area contributed by atoms with Gasteiger partial charge in [-0.15, -0.1) is 0 Å². The molecule has 0 saturated heterocycles. The first-order chi connectivity index (χ1) is 9.99. The Kier molecular flexibility index (Phi) is 3.07. The SMILES string of the molecule is Cn1c(=O)n(-c2cccc(Cl)c2)c(=O)c2cc(N)ccc21. The highest BCUT2D eigenvalue weighted by atomic mass is 35.5. The third-order valence-corrected chi connectivity index (χ3v) is 3.60. The molecule has 1 aromatic heterocycles. The maximum Gasteiger partial charge on any atom is 0.335 e. The number of hydrogen-bond acceptors (Lipinski definition) is 3. The van der Waals surface area contributed by atoms with Crippen LogP contribution in [0.2, 0.25) is 5.02 Å². The molecule has 0 radical (unpaired) electrons. The quantitative estimate of drug-likeness (QED) is 0.698. The molecule has 21 heavy (non-hydrogen) atoms. The molecule has 0 aliphatic rings. The van der Waals surface area contributed by atoms with Gasteiger partial charge in [-0.25, -0.2) is 9.36 Å². The summed E-state index contributed by atoms with van der Waals surface area (Å²) in [5, 5.41) is 0.839. The van der Waals surface area contributed by atoms with Crippen LogP contribution in [0.5, 0.6) is 0 Å². The molecule has 0 atom stereocenters. The summed E-state index contributed by atoms with van der Waals surface area (Å²) >= 11 is 5.94. The number of nitrogens with two attached hydrogens (primary N) is 1. The van der Waals surface area contributed by atoms with E-state index in [0.717, 1.165) is 4.57 Å². The molecule has 0 bridgehead atoms. The number of rotatable bonds is 1. The molecule has 0 spiro atoms. The number of hydrogen-bond donors (Lipinski definition) is 1. The number of anilines is 1. The lowest BCUT2D eigenvalue weighted by atomic mass is 10.2.